The first kappa shape index (κ1) is 11.9. The van der Waals surface area contributed by atoms with Crippen molar-refractivity contribution in [3.8, 4) is 11.8 Å². The van der Waals surface area contributed by atoms with Gasteiger partial charge in [-0.1, -0.05) is 12.1 Å². The van der Waals surface area contributed by atoms with Crippen molar-refractivity contribution in [3.63, 3.8) is 0 Å². The first-order valence-electron chi connectivity index (χ1n) is 5.44. The number of benzene rings is 1. The van der Waals surface area contributed by atoms with E-state index in [0.717, 1.165) is 11.3 Å². The van der Waals surface area contributed by atoms with E-state index in [-0.39, 0.29) is 6.42 Å². The van der Waals surface area contributed by atoms with Gasteiger partial charge < -0.3 is 9.67 Å². The van der Waals surface area contributed by atoms with E-state index in [4.69, 9.17) is 10.4 Å². The maximum atomic E-state index is 10.5. The van der Waals surface area contributed by atoms with Gasteiger partial charge in [0, 0.05) is 18.3 Å². The van der Waals surface area contributed by atoms with Crippen LogP contribution in [0, 0.1) is 11.3 Å². The smallest absolute Gasteiger partial charge is 0.303 e. The van der Waals surface area contributed by atoms with E-state index in [1.807, 2.05) is 30.3 Å². The molecule has 0 aliphatic rings. The van der Waals surface area contributed by atoms with E-state index in [1.54, 1.807) is 17.1 Å². The Balaban J connectivity index is 2.12. The van der Waals surface area contributed by atoms with E-state index in [0.29, 0.717) is 12.1 Å². The number of aryl methyl sites for hydroxylation is 1. The van der Waals surface area contributed by atoms with E-state index in [1.165, 1.54) is 0 Å². The molecule has 0 fully saturated rings. The fourth-order valence-electron chi connectivity index (χ4n) is 1.61. The summed E-state index contributed by atoms with van der Waals surface area (Å²) >= 11 is 0. The molecule has 1 N–H and O–H groups in total. The second-order valence-corrected chi connectivity index (χ2v) is 3.84. The molecule has 0 aliphatic heterocycles. The summed E-state index contributed by atoms with van der Waals surface area (Å²) in [5.41, 5.74) is 2.23. The zero-order valence-electron chi connectivity index (χ0n) is 9.58. The molecule has 5 nitrogen and oxygen atoms in total. The van der Waals surface area contributed by atoms with Gasteiger partial charge in [0.05, 0.1) is 0 Å². The Morgan fingerprint density at radius 3 is 2.67 bits per heavy atom. The molecule has 2 rings (SSSR count). The van der Waals surface area contributed by atoms with Gasteiger partial charge in [-0.25, -0.2) is 4.98 Å². The molecule has 0 atom stereocenters. The minimum absolute atomic E-state index is 0.128. The summed E-state index contributed by atoms with van der Waals surface area (Å²) in [4.78, 5) is 14.4. The Morgan fingerprint density at radius 1 is 1.39 bits per heavy atom. The third kappa shape index (κ3) is 2.74. The van der Waals surface area contributed by atoms with Crippen molar-refractivity contribution in [1.82, 2.24) is 9.55 Å². The molecular weight excluding hydrogens is 230 g/mol. The lowest BCUT2D eigenvalue weighted by molar-refractivity contribution is -0.136. The largest absolute Gasteiger partial charge is 0.481 e. The molecule has 0 unspecified atom stereocenters. The van der Waals surface area contributed by atoms with Crippen LogP contribution in [0.15, 0.2) is 36.8 Å². The van der Waals surface area contributed by atoms with Gasteiger partial charge in [-0.2, -0.15) is 5.26 Å². The lowest BCUT2D eigenvalue weighted by atomic mass is 10.1. The molecule has 5 heteroatoms. The predicted octanol–water partition coefficient (Wildman–Crippen LogP) is 1.76. The zero-order chi connectivity index (χ0) is 13.0. The number of nitrogens with zero attached hydrogens (tertiary/aromatic N) is 3. The van der Waals surface area contributed by atoms with E-state index < -0.39 is 5.97 Å². The van der Waals surface area contributed by atoms with Gasteiger partial charge >= 0.3 is 5.97 Å². The Bertz CT molecular complexity index is 593. The number of hydrogen-bond donors (Lipinski definition) is 1. The highest BCUT2D eigenvalue weighted by Gasteiger charge is 2.02. The number of aliphatic carboxylic acids is 1. The number of carboxylic acids is 1. The quantitative estimate of drug-likeness (QED) is 0.884. The Labute approximate surface area is 104 Å². The van der Waals surface area contributed by atoms with E-state index in [9.17, 15) is 4.79 Å². The zero-order valence-corrected chi connectivity index (χ0v) is 9.58. The summed E-state index contributed by atoms with van der Waals surface area (Å²) in [7, 11) is 0. The van der Waals surface area contributed by atoms with Gasteiger partial charge in [-0.3, -0.25) is 4.79 Å². The van der Waals surface area contributed by atoms with Crippen molar-refractivity contribution in [2.24, 2.45) is 0 Å². The highest BCUT2D eigenvalue weighted by atomic mass is 16.4. The third-order valence-corrected chi connectivity index (χ3v) is 2.56. The number of rotatable bonds is 4. The van der Waals surface area contributed by atoms with Gasteiger partial charge in [-0.05, 0) is 24.1 Å². The number of carbonyl (C=O) groups is 1. The molecule has 0 saturated heterocycles. The van der Waals surface area contributed by atoms with E-state index in [2.05, 4.69) is 4.98 Å². The van der Waals surface area contributed by atoms with Crippen LogP contribution in [-0.2, 0) is 11.2 Å². The SMILES string of the molecule is N#Cc1cn(-c2ccc(CCC(=O)O)cc2)cn1. The van der Waals surface area contributed by atoms with Crippen LogP contribution in [-0.4, -0.2) is 20.6 Å². The van der Waals surface area contributed by atoms with Crippen LogP contribution in [0.3, 0.4) is 0 Å². The fourth-order valence-corrected chi connectivity index (χ4v) is 1.61. The van der Waals surface area contributed by atoms with Crippen LogP contribution in [0.25, 0.3) is 5.69 Å². The monoisotopic (exact) mass is 241 g/mol. The number of carboxylic acid groups (broad SMARTS) is 1. The first-order valence-corrected chi connectivity index (χ1v) is 5.44. The minimum Gasteiger partial charge on any atom is -0.481 e. The van der Waals surface area contributed by atoms with Gasteiger partial charge in [0.25, 0.3) is 0 Å². The molecule has 1 heterocycles. The molecule has 0 aliphatic carbocycles. The first-order chi connectivity index (χ1) is 8.69. The third-order valence-electron chi connectivity index (χ3n) is 2.56. The summed E-state index contributed by atoms with van der Waals surface area (Å²) in [6.07, 6.45) is 3.86. The fraction of sp³-hybridized carbons (Fsp3) is 0.154. The second-order valence-electron chi connectivity index (χ2n) is 3.84. The Morgan fingerprint density at radius 2 is 2.11 bits per heavy atom. The summed E-state index contributed by atoms with van der Waals surface area (Å²) in [5.74, 6) is -0.799. The molecule has 1 aromatic heterocycles. The van der Waals surface area contributed by atoms with Crippen LogP contribution < -0.4 is 0 Å². The average molecular weight is 241 g/mol. The van der Waals surface area contributed by atoms with Crippen LogP contribution in [0.4, 0.5) is 0 Å². The Kier molecular flexibility index (Phi) is 3.39. The van der Waals surface area contributed by atoms with Crippen molar-refractivity contribution >= 4 is 5.97 Å². The molecular formula is C13H11N3O2. The van der Waals surface area contributed by atoms with Crippen LogP contribution in [0.2, 0.25) is 0 Å². The van der Waals surface area contributed by atoms with Gasteiger partial charge in [0.2, 0.25) is 0 Å². The minimum atomic E-state index is -0.799. The van der Waals surface area contributed by atoms with Crippen LogP contribution in [0.1, 0.15) is 17.7 Å². The summed E-state index contributed by atoms with van der Waals surface area (Å²) in [6.45, 7) is 0. The number of hydrogen-bond acceptors (Lipinski definition) is 3. The van der Waals surface area contributed by atoms with Crippen molar-refractivity contribution < 1.29 is 9.90 Å². The maximum absolute atomic E-state index is 10.5. The highest BCUT2D eigenvalue weighted by molar-refractivity contribution is 5.67. The molecule has 0 amide bonds. The lowest BCUT2D eigenvalue weighted by Crippen LogP contribution is -1.97. The predicted molar refractivity (Wildman–Crippen MR) is 64.2 cm³/mol. The van der Waals surface area contributed by atoms with E-state index >= 15 is 0 Å². The highest BCUT2D eigenvalue weighted by Crippen LogP contribution is 2.11. The van der Waals surface area contributed by atoms with Crippen molar-refractivity contribution in [2.75, 3.05) is 0 Å². The van der Waals surface area contributed by atoms with Gasteiger partial charge in [-0.15, -0.1) is 0 Å². The summed E-state index contributed by atoms with van der Waals surface area (Å²) in [5, 5.41) is 17.3. The molecule has 0 saturated carbocycles. The standard InChI is InChI=1S/C13H11N3O2/c14-7-11-8-16(9-15-11)12-4-1-10(2-5-12)3-6-13(17)18/h1-2,4-5,8-9H,3,6H2,(H,17,18). The summed E-state index contributed by atoms with van der Waals surface area (Å²) < 4.78 is 1.75. The molecule has 0 spiro atoms. The summed E-state index contributed by atoms with van der Waals surface area (Å²) in [6, 6.07) is 9.47. The maximum Gasteiger partial charge on any atom is 0.303 e. The molecule has 90 valence electrons. The average Bonchev–Trinajstić information content (AvgIpc) is 2.85. The van der Waals surface area contributed by atoms with Crippen molar-refractivity contribution in [2.45, 2.75) is 12.8 Å². The van der Waals surface area contributed by atoms with Gasteiger partial charge in [0.15, 0.2) is 5.69 Å². The van der Waals surface area contributed by atoms with Crippen molar-refractivity contribution in [1.29, 1.82) is 5.26 Å². The molecule has 18 heavy (non-hydrogen) atoms. The topological polar surface area (TPSA) is 78.9 Å². The molecule has 0 bridgehead atoms. The number of aromatic nitrogens is 2. The molecule has 2 aromatic rings. The van der Waals surface area contributed by atoms with Crippen LogP contribution in [0.5, 0.6) is 0 Å². The molecule has 0 radical (unpaired) electrons. The lowest BCUT2D eigenvalue weighted by Gasteiger charge is -2.03. The number of imidazole rings is 1. The van der Waals surface area contributed by atoms with Crippen molar-refractivity contribution in [3.05, 3.63) is 48.0 Å². The Hall–Kier alpha value is -2.61. The van der Waals surface area contributed by atoms with Crippen LogP contribution >= 0.6 is 0 Å². The molecule has 1 aromatic carbocycles. The normalized spacial score (nSPS) is 9.94. The number of nitriles is 1. The second kappa shape index (κ2) is 5.15. The van der Waals surface area contributed by atoms with Gasteiger partial charge in [0.1, 0.15) is 12.4 Å².